The normalized spacial score (nSPS) is 21.9. The quantitative estimate of drug-likeness (QED) is 0.630. The van der Waals surface area contributed by atoms with Crippen molar-refractivity contribution < 1.29 is 9.53 Å². The zero-order valence-electron chi connectivity index (χ0n) is 15.0. The van der Waals surface area contributed by atoms with Gasteiger partial charge in [0.05, 0.1) is 13.0 Å². The number of ether oxygens (including phenoxy) is 1. The Kier molecular flexibility index (Phi) is 4.32. The van der Waals surface area contributed by atoms with Gasteiger partial charge in [0.1, 0.15) is 22.3 Å². The average molecular weight is 380 g/mol. The molecule has 0 amide bonds. The number of nitrogens with zero attached hydrogens (tertiary/aromatic N) is 3. The third-order valence-corrected chi connectivity index (χ3v) is 5.10. The van der Waals surface area contributed by atoms with Crippen LogP contribution in [-0.4, -0.2) is 27.9 Å². The monoisotopic (exact) mass is 379 g/mol. The predicted molar refractivity (Wildman–Crippen MR) is 105 cm³/mol. The molecule has 1 aliphatic carbocycles. The number of hydrogen-bond donors (Lipinski definition) is 0. The van der Waals surface area contributed by atoms with Crippen molar-refractivity contribution in [2.45, 2.75) is 12.5 Å². The van der Waals surface area contributed by atoms with Crippen LogP contribution in [0.15, 0.2) is 72.5 Å². The van der Waals surface area contributed by atoms with E-state index in [-0.39, 0.29) is 5.78 Å². The van der Waals surface area contributed by atoms with Gasteiger partial charge in [-0.05, 0) is 37.3 Å². The Morgan fingerprint density at radius 2 is 1.89 bits per heavy atom. The minimum atomic E-state index is -0.821. The number of carbonyl (C=O) groups is 1. The van der Waals surface area contributed by atoms with E-state index in [1.807, 2.05) is 61.5 Å². The SMILES string of the molecule is COC1=CC(C)(n2nc3ccc(Cl)cc3n2)C(C(=O)c2ccccc2)C=C1. The molecule has 0 saturated heterocycles. The third-order valence-electron chi connectivity index (χ3n) is 4.87. The maximum atomic E-state index is 13.2. The van der Waals surface area contributed by atoms with Gasteiger partial charge in [-0.1, -0.05) is 48.0 Å². The molecule has 0 bridgehead atoms. The van der Waals surface area contributed by atoms with E-state index in [0.29, 0.717) is 27.4 Å². The fourth-order valence-corrected chi connectivity index (χ4v) is 3.53. The molecule has 2 unspecified atom stereocenters. The molecule has 3 aromatic rings. The molecule has 0 aliphatic heterocycles. The third kappa shape index (κ3) is 3.04. The van der Waals surface area contributed by atoms with Gasteiger partial charge in [0.2, 0.25) is 0 Å². The second kappa shape index (κ2) is 6.67. The Morgan fingerprint density at radius 1 is 1.15 bits per heavy atom. The number of benzene rings is 2. The first-order valence-corrected chi connectivity index (χ1v) is 8.96. The lowest BCUT2D eigenvalue weighted by Gasteiger charge is -2.34. The van der Waals surface area contributed by atoms with Gasteiger partial charge in [-0.15, -0.1) is 0 Å². The highest BCUT2D eigenvalue weighted by molar-refractivity contribution is 6.31. The van der Waals surface area contributed by atoms with Crippen molar-refractivity contribution in [3.8, 4) is 0 Å². The number of Topliss-reactive ketones (excluding diaryl/α,β-unsaturated/α-hetero) is 1. The molecule has 1 heterocycles. The Balaban J connectivity index is 1.84. The number of aromatic nitrogens is 3. The van der Waals surface area contributed by atoms with E-state index < -0.39 is 11.5 Å². The van der Waals surface area contributed by atoms with Crippen molar-refractivity contribution in [3.63, 3.8) is 0 Å². The number of methoxy groups -OCH3 is 1. The number of halogens is 1. The van der Waals surface area contributed by atoms with Crippen LogP contribution < -0.4 is 0 Å². The van der Waals surface area contributed by atoms with Gasteiger partial charge in [-0.3, -0.25) is 4.79 Å². The molecule has 1 aliphatic rings. The first kappa shape index (κ1) is 17.5. The fraction of sp³-hybridized carbons (Fsp3) is 0.190. The summed E-state index contributed by atoms with van der Waals surface area (Å²) in [6.07, 6.45) is 5.56. The molecule has 0 radical (unpaired) electrons. The predicted octanol–water partition coefficient (Wildman–Crippen LogP) is 4.40. The van der Waals surface area contributed by atoms with E-state index in [1.165, 1.54) is 0 Å². The van der Waals surface area contributed by atoms with E-state index in [0.717, 1.165) is 0 Å². The van der Waals surface area contributed by atoms with Crippen LogP contribution in [-0.2, 0) is 10.3 Å². The number of fused-ring (bicyclic) bond motifs is 1. The highest BCUT2D eigenvalue weighted by Crippen LogP contribution is 2.36. The first-order valence-electron chi connectivity index (χ1n) is 8.59. The molecule has 0 N–H and O–H groups in total. The molecule has 0 saturated carbocycles. The molecule has 2 atom stereocenters. The number of rotatable bonds is 4. The van der Waals surface area contributed by atoms with E-state index >= 15 is 0 Å². The van der Waals surface area contributed by atoms with Crippen LogP contribution in [0.4, 0.5) is 0 Å². The maximum Gasteiger partial charge on any atom is 0.172 e. The minimum Gasteiger partial charge on any atom is -0.497 e. The Bertz CT molecular complexity index is 1070. The molecule has 4 rings (SSSR count). The summed E-state index contributed by atoms with van der Waals surface area (Å²) in [5.74, 6) is 0.185. The van der Waals surface area contributed by atoms with Crippen LogP contribution in [0.25, 0.3) is 11.0 Å². The topological polar surface area (TPSA) is 57.0 Å². The molecule has 1 aromatic heterocycles. The summed E-state index contributed by atoms with van der Waals surface area (Å²) in [6, 6.07) is 14.6. The minimum absolute atomic E-state index is 0.000131. The number of hydrogen-bond acceptors (Lipinski definition) is 4. The largest absolute Gasteiger partial charge is 0.497 e. The molecule has 136 valence electrons. The van der Waals surface area contributed by atoms with E-state index in [1.54, 1.807) is 24.0 Å². The highest BCUT2D eigenvalue weighted by Gasteiger charge is 2.42. The van der Waals surface area contributed by atoms with E-state index in [2.05, 4.69) is 10.2 Å². The van der Waals surface area contributed by atoms with Crippen molar-refractivity contribution in [2.75, 3.05) is 7.11 Å². The average Bonchev–Trinajstić information content (AvgIpc) is 3.12. The van der Waals surface area contributed by atoms with Crippen LogP contribution in [0.3, 0.4) is 0 Å². The van der Waals surface area contributed by atoms with Gasteiger partial charge in [0.15, 0.2) is 5.78 Å². The van der Waals surface area contributed by atoms with E-state index in [4.69, 9.17) is 16.3 Å². The molecule has 0 spiro atoms. The molecule has 5 nitrogen and oxygen atoms in total. The number of allylic oxidation sites excluding steroid dienone is 3. The molecule has 0 fully saturated rings. The second-order valence-electron chi connectivity index (χ2n) is 6.67. The molecule has 6 heteroatoms. The van der Waals surface area contributed by atoms with Gasteiger partial charge < -0.3 is 4.74 Å². The lowest BCUT2D eigenvalue weighted by atomic mass is 9.77. The lowest BCUT2D eigenvalue weighted by Crippen LogP contribution is -2.43. The van der Waals surface area contributed by atoms with Gasteiger partial charge in [-0.2, -0.15) is 15.0 Å². The number of carbonyl (C=O) groups excluding carboxylic acids is 1. The second-order valence-corrected chi connectivity index (χ2v) is 7.10. The molecule has 2 aromatic carbocycles. The van der Waals surface area contributed by atoms with Crippen molar-refractivity contribution in [1.82, 2.24) is 15.0 Å². The Labute approximate surface area is 161 Å². The van der Waals surface area contributed by atoms with Crippen molar-refractivity contribution >= 4 is 28.4 Å². The Hall–Kier alpha value is -2.92. The summed E-state index contributed by atoms with van der Waals surface area (Å²) in [6.45, 7) is 1.93. The van der Waals surface area contributed by atoms with Crippen LogP contribution in [0.2, 0.25) is 5.02 Å². The van der Waals surface area contributed by atoms with Gasteiger partial charge >= 0.3 is 0 Å². The van der Waals surface area contributed by atoms with Gasteiger partial charge in [0.25, 0.3) is 0 Å². The summed E-state index contributed by atoms with van der Waals surface area (Å²) in [5, 5.41) is 9.79. The summed E-state index contributed by atoms with van der Waals surface area (Å²) in [4.78, 5) is 14.8. The molecular formula is C21H18ClN3O2. The summed E-state index contributed by atoms with van der Waals surface area (Å²) < 4.78 is 5.41. The smallest absolute Gasteiger partial charge is 0.172 e. The zero-order chi connectivity index (χ0) is 19.0. The van der Waals surface area contributed by atoms with Crippen molar-refractivity contribution in [2.24, 2.45) is 5.92 Å². The summed E-state index contributed by atoms with van der Waals surface area (Å²) in [5.41, 5.74) is 1.22. The summed E-state index contributed by atoms with van der Waals surface area (Å²) in [7, 11) is 1.60. The van der Waals surface area contributed by atoms with Crippen LogP contribution >= 0.6 is 11.6 Å². The van der Waals surface area contributed by atoms with Crippen molar-refractivity contribution in [3.05, 3.63) is 83.1 Å². The van der Waals surface area contributed by atoms with Crippen LogP contribution in [0.1, 0.15) is 17.3 Å². The zero-order valence-corrected chi connectivity index (χ0v) is 15.7. The van der Waals surface area contributed by atoms with Crippen LogP contribution in [0, 0.1) is 5.92 Å². The van der Waals surface area contributed by atoms with Crippen molar-refractivity contribution in [1.29, 1.82) is 0 Å². The first-order chi connectivity index (χ1) is 13.0. The fourth-order valence-electron chi connectivity index (χ4n) is 3.36. The van der Waals surface area contributed by atoms with E-state index in [9.17, 15) is 4.79 Å². The summed E-state index contributed by atoms with van der Waals surface area (Å²) >= 11 is 6.08. The lowest BCUT2D eigenvalue weighted by molar-refractivity contribution is 0.0854. The van der Waals surface area contributed by atoms with Crippen LogP contribution in [0.5, 0.6) is 0 Å². The maximum absolute atomic E-state index is 13.2. The Morgan fingerprint density at radius 3 is 2.63 bits per heavy atom. The molecule has 27 heavy (non-hydrogen) atoms. The molecular weight excluding hydrogens is 362 g/mol. The van der Waals surface area contributed by atoms with Gasteiger partial charge in [-0.25, -0.2) is 0 Å². The highest BCUT2D eigenvalue weighted by atomic mass is 35.5. The standard InChI is InChI=1S/C21H18ClN3O2/c1-21(25-23-18-11-8-15(22)12-19(18)24-25)13-16(27-2)9-10-17(21)20(26)14-6-4-3-5-7-14/h3-13,17H,1-2H3. The number of ketones is 1. The van der Waals surface area contributed by atoms with Gasteiger partial charge in [0, 0.05) is 10.6 Å².